The first kappa shape index (κ1) is 23.9. The molecule has 0 saturated carbocycles. The summed E-state index contributed by atoms with van der Waals surface area (Å²) in [6, 6.07) is 23.6. The van der Waals surface area contributed by atoms with Gasteiger partial charge in [0.2, 0.25) is 23.6 Å². The molecule has 0 fully saturated rings. The van der Waals surface area contributed by atoms with Crippen LogP contribution >= 0.6 is 11.6 Å². The Bertz CT molecular complexity index is 1360. The van der Waals surface area contributed by atoms with E-state index in [1.165, 1.54) is 5.56 Å². The predicted octanol–water partition coefficient (Wildman–Crippen LogP) is 7.89. The minimum Gasteiger partial charge on any atom is -0.416 e. The Morgan fingerprint density at radius 3 is 1.03 bits per heavy atom. The van der Waals surface area contributed by atoms with E-state index in [1.54, 1.807) is 0 Å². The van der Waals surface area contributed by atoms with Gasteiger partial charge in [-0.25, -0.2) is 0 Å². The number of nitrogens with zero attached hydrogens (tertiary/aromatic N) is 4. The Morgan fingerprint density at radius 2 is 0.750 bits per heavy atom. The van der Waals surface area contributed by atoms with Gasteiger partial charge in [-0.15, -0.1) is 32.0 Å². The van der Waals surface area contributed by atoms with Gasteiger partial charge in [-0.1, -0.05) is 45.0 Å². The van der Waals surface area contributed by atoms with Crippen molar-refractivity contribution in [2.24, 2.45) is 0 Å². The van der Waals surface area contributed by atoms with E-state index in [4.69, 9.17) is 20.4 Å². The number of aromatic nitrogens is 4. The van der Waals surface area contributed by atoms with Gasteiger partial charge in [0.1, 0.15) is 0 Å². The lowest BCUT2D eigenvalue weighted by Gasteiger charge is -2.18. The maximum atomic E-state index is 6.38. The Hall–Kier alpha value is -3.77. The minimum atomic E-state index is -0.434. The normalized spacial score (nSPS) is 12.2. The largest absolute Gasteiger partial charge is 0.416 e. The number of rotatable bonds is 5. The zero-order valence-corrected chi connectivity index (χ0v) is 21.7. The second kappa shape index (κ2) is 9.03. The van der Waals surface area contributed by atoms with Gasteiger partial charge in [-0.05, 0) is 78.9 Å². The van der Waals surface area contributed by atoms with Gasteiger partial charge in [-0.3, -0.25) is 0 Å². The molecule has 0 aliphatic heterocycles. The minimum absolute atomic E-state index is 0.0888. The van der Waals surface area contributed by atoms with Crippen molar-refractivity contribution in [2.75, 3.05) is 0 Å². The van der Waals surface area contributed by atoms with E-state index in [0.29, 0.717) is 23.6 Å². The van der Waals surface area contributed by atoms with E-state index in [9.17, 15) is 0 Å². The fraction of sp³-hybridized carbons (Fsp3) is 0.241. The van der Waals surface area contributed by atoms with Gasteiger partial charge in [0.25, 0.3) is 0 Å². The molecule has 0 aliphatic rings. The average molecular weight is 499 g/mol. The van der Waals surface area contributed by atoms with Crippen LogP contribution in [0.25, 0.3) is 45.8 Å². The Balaban J connectivity index is 1.32. The quantitative estimate of drug-likeness (QED) is 0.229. The summed E-state index contributed by atoms with van der Waals surface area (Å²) in [5.41, 5.74) is 5.70. The van der Waals surface area contributed by atoms with Crippen LogP contribution in [0.2, 0.25) is 0 Å². The van der Waals surface area contributed by atoms with Crippen molar-refractivity contribution < 1.29 is 8.83 Å². The Labute approximate surface area is 215 Å². The molecule has 3 aromatic carbocycles. The highest BCUT2D eigenvalue weighted by Crippen LogP contribution is 2.31. The fourth-order valence-corrected chi connectivity index (χ4v) is 3.92. The lowest BCUT2D eigenvalue weighted by Crippen LogP contribution is -2.10. The van der Waals surface area contributed by atoms with Gasteiger partial charge in [0.15, 0.2) is 0 Å². The summed E-state index contributed by atoms with van der Waals surface area (Å²) < 4.78 is 11.9. The second-order valence-corrected chi connectivity index (χ2v) is 11.2. The van der Waals surface area contributed by atoms with Crippen molar-refractivity contribution in [1.82, 2.24) is 20.4 Å². The molecule has 0 atom stereocenters. The molecular weight excluding hydrogens is 472 g/mol. The van der Waals surface area contributed by atoms with Crippen LogP contribution in [-0.4, -0.2) is 20.4 Å². The molecule has 2 aromatic heterocycles. The van der Waals surface area contributed by atoms with Crippen LogP contribution in [0.1, 0.15) is 45.7 Å². The molecule has 0 bridgehead atoms. The van der Waals surface area contributed by atoms with E-state index < -0.39 is 4.87 Å². The topological polar surface area (TPSA) is 77.8 Å². The first-order valence-electron chi connectivity index (χ1n) is 11.8. The number of hydrogen-bond acceptors (Lipinski definition) is 6. The van der Waals surface area contributed by atoms with Crippen LogP contribution in [0.15, 0.2) is 81.6 Å². The molecule has 0 N–H and O–H groups in total. The summed E-state index contributed by atoms with van der Waals surface area (Å²) in [6.07, 6.45) is 0. The molecule has 0 unspecified atom stereocenters. The highest BCUT2D eigenvalue weighted by Gasteiger charge is 2.18. The van der Waals surface area contributed by atoms with Crippen molar-refractivity contribution in [3.05, 3.63) is 83.9 Å². The van der Waals surface area contributed by atoms with Gasteiger partial charge in [-0.2, -0.15) is 0 Å². The monoisotopic (exact) mass is 498 g/mol. The molecule has 0 aliphatic carbocycles. The fourth-order valence-electron chi connectivity index (χ4n) is 3.79. The van der Waals surface area contributed by atoms with E-state index in [-0.39, 0.29) is 5.41 Å². The summed E-state index contributed by atoms with van der Waals surface area (Å²) in [7, 11) is 0. The van der Waals surface area contributed by atoms with Gasteiger partial charge >= 0.3 is 0 Å². The molecule has 0 radical (unpaired) electrons. The molecular formula is C29H27ClN4O2. The van der Waals surface area contributed by atoms with E-state index >= 15 is 0 Å². The third kappa shape index (κ3) is 4.95. The molecule has 2 heterocycles. The van der Waals surface area contributed by atoms with Crippen molar-refractivity contribution in [3.63, 3.8) is 0 Å². The first-order chi connectivity index (χ1) is 17.1. The predicted molar refractivity (Wildman–Crippen MR) is 141 cm³/mol. The third-order valence-electron chi connectivity index (χ3n) is 6.04. The van der Waals surface area contributed by atoms with Crippen molar-refractivity contribution in [1.29, 1.82) is 0 Å². The average Bonchev–Trinajstić information content (AvgIpc) is 3.54. The van der Waals surface area contributed by atoms with Crippen molar-refractivity contribution in [2.45, 2.75) is 44.9 Å². The van der Waals surface area contributed by atoms with Gasteiger partial charge in [0.05, 0.1) is 4.87 Å². The molecule has 5 rings (SSSR count). The standard InChI is InChI=1S/C29H27ClN4O2/c1-28(2,3)22-14-10-20(11-15-22)26-33-31-24(35-26)18-6-8-19(9-7-18)25-32-34-27(36-25)21-12-16-23(17-13-21)29(4,5)30/h6-17H,1-5H3. The third-order valence-corrected chi connectivity index (χ3v) is 6.26. The van der Waals surface area contributed by atoms with Crippen LogP contribution < -0.4 is 0 Å². The molecule has 0 spiro atoms. The van der Waals surface area contributed by atoms with Gasteiger partial charge in [0, 0.05) is 22.3 Å². The van der Waals surface area contributed by atoms with E-state index in [2.05, 4.69) is 53.3 Å². The van der Waals surface area contributed by atoms with Crippen LogP contribution in [0, 0.1) is 0 Å². The zero-order valence-electron chi connectivity index (χ0n) is 20.9. The SMILES string of the molecule is CC(C)(C)c1ccc(-c2nnc(-c3ccc(-c4nnc(-c5ccc(C(C)(C)Cl)cc5)o4)cc3)o2)cc1. The molecule has 0 amide bonds. The lowest BCUT2D eigenvalue weighted by molar-refractivity contribution is 0.581. The molecule has 0 saturated heterocycles. The molecule has 36 heavy (non-hydrogen) atoms. The van der Waals surface area contributed by atoms with Crippen LogP contribution in [0.3, 0.4) is 0 Å². The van der Waals surface area contributed by atoms with E-state index in [1.807, 2.05) is 74.5 Å². The maximum Gasteiger partial charge on any atom is 0.248 e. The zero-order chi connectivity index (χ0) is 25.5. The summed E-state index contributed by atoms with van der Waals surface area (Å²) >= 11 is 6.38. The Kier molecular flexibility index (Phi) is 6.00. The first-order valence-corrected chi connectivity index (χ1v) is 12.1. The second-order valence-electron chi connectivity index (χ2n) is 10.3. The summed E-state index contributed by atoms with van der Waals surface area (Å²) in [5.74, 6) is 1.82. The van der Waals surface area contributed by atoms with Crippen LogP contribution in [0.5, 0.6) is 0 Å². The number of halogens is 1. The molecule has 182 valence electrons. The Morgan fingerprint density at radius 1 is 0.472 bits per heavy atom. The van der Waals surface area contributed by atoms with Crippen molar-refractivity contribution in [3.8, 4) is 45.8 Å². The summed E-state index contributed by atoms with van der Waals surface area (Å²) in [5, 5.41) is 16.9. The highest BCUT2D eigenvalue weighted by molar-refractivity contribution is 6.23. The molecule has 5 aromatic rings. The maximum absolute atomic E-state index is 6.38. The number of hydrogen-bond donors (Lipinski definition) is 0. The van der Waals surface area contributed by atoms with E-state index in [0.717, 1.165) is 27.8 Å². The lowest BCUT2D eigenvalue weighted by atomic mass is 9.87. The highest BCUT2D eigenvalue weighted by atomic mass is 35.5. The summed E-state index contributed by atoms with van der Waals surface area (Å²) in [6.45, 7) is 10.5. The number of benzene rings is 3. The van der Waals surface area contributed by atoms with Crippen LogP contribution in [-0.2, 0) is 10.3 Å². The smallest absolute Gasteiger partial charge is 0.248 e. The number of alkyl halides is 1. The van der Waals surface area contributed by atoms with Gasteiger partial charge < -0.3 is 8.83 Å². The molecule has 7 heteroatoms. The summed E-state index contributed by atoms with van der Waals surface area (Å²) in [4.78, 5) is -0.434. The van der Waals surface area contributed by atoms with Crippen LogP contribution in [0.4, 0.5) is 0 Å². The van der Waals surface area contributed by atoms with Crippen molar-refractivity contribution >= 4 is 11.6 Å². The molecule has 6 nitrogen and oxygen atoms in total.